The van der Waals surface area contributed by atoms with Gasteiger partial charge in [0.2, 0.25) is 0 Å². The molecule has 11 rings (SSSR count). The molecule has 0 radical (unpaired) electrons. The zero-order valence-electron chi connectivity index (χ0n) is 36.5. The molecule has 0 saturated carbocycles. The van der Waals surface area contributed by atoms with E-state index in [-0.39, 0.29) is 26.5 Å². The molecule has 6 heteroatoms. The van der Waals surface area contributed by atoms with Crippen LogP contribution in [-0.2, 0) is 32.9 Å². The third-order valence-electron chi connectivity index (χ3n) is 12.3. The molecule has 3 heterocycles. The van der Waals surface area contributed by atoms with Gasteiger partial charge in [0.25, 0.3) is 6.33 Å². The van der Waals surface area contributed by atoms with Crippen molar-refractivity contribution in [3.05, 3.63) is 248 Å². The van der Waals surface area contributed by atoms with Gasteiger partial charge in [-0.05, 0) is 85.6 Å². The molecule has 0 amide bonds. The van der Waals surface area contributed by atoms with Crippen molar-refractivity contribution in [1.82, 2.24) is 14.1 Å². The second-order valence-corrected chi connectivity index (χ2v) is 17.0. The summed E-state index contributed by atoms with van der Waals surface area (Å²) in [5.74, 6) is 1.98. The maximum atomic E-state index is 6.63. The van der Waals surface area contributed by atoms with Crippen LogP contribution < -0.4 is 9.30 Å². The number of benzene rings is 8. The number of hydrogen-bond acceptors (Lipinski definition) is 2. The Morgan fingerprint density at radius 3 is 1.91 bits per heavy atom. The average molecular weight is 1030 g/mol. The van der Waals surface area contributed by atoms with Crippen LogP contribution in [0.3, 0.4) is 0 Å². The SMILES string of the molecule is CC(C)(Cc1ccnc(-n2c3[c-]c(Oc4[c-]c(-n5[c-][n+](-c6c(-c7ccccc7)cccc6-c6ccccc6)cc5)ccc4)ccc3c3cc(-c4ccccc4)ccc32)c1)c1ccccc1.[Pt]. The summed E-state index contributed by atoms with van der Waals surface area (Å²) in [6, 6.07) is 77.0. The molecular formula is C60H44N4OPt-2. The van der Waals surface area contributed by atoms with Gasteiger partial charge >= 0.3 is 0 Å². The number of rotatable bonds is 11. The first-order valence-corrected chi connectivity index (χ1v) is 22.0. The maximum absolute atomic E-state index is 6.63. The minimum atomic E-state index is -0.0696. The van der Waals surface area contributed by atoms with Crippen LogP contribution in [0.1, 0.15) is 25.0 Å². The summed E-state index contributed by atoms with van der Waals surface area (Å²) >= 11 is 0. The molecule has 0 aliphatic rings. The molecule has 0 atom stereocenters. The number of aromatic nitrogens is 4. The molecule has 5 nitrogen and oxygen atoms in total. The Labute approximate surface area is 400 Å². The van der Waals surface area contributed by atoms with Crippen LogP contribution in [0.25, 0.3) is 72.4 Å². The third-order valence-corrected chi connectivity index (χ3v) is 12.3. The summed E-state index contributed by atoms with van der Waals surface area (Å²) in [5.41, 5.74) is 13.0. The number of nitrogens with zero attached hydrogens (tertiary/aromatic N) is 4. The second kappa shape index (κ2) is 18.1. The minimum absolute atomic E-state index is 0. The van der Waals surface area contributed by atoms with E-state index in [1.807, 2.05) is 59.6 Å². The van der Waals surface area contributed by atoms with Gasteiger partial charge in [-0.3, -0.25) is 4.57 Å². The molecule has 0 aliphatic carbocycles. The quantitative estimate of drug-likeness (QED) is 0.0956. The molecule has 0 spiro atoms. The number of fused-ring (bicyclic) bond motifs is 3. The van der Waals surface area contributed by atoms with E-state index in [1.54, 1.807) is 0 Å². The van der Waals surface area contributed by atoms with Crippen molar-refractivity contribution in [2.75, 3.05) is 0 Å². The van der Waals surface area contributed by atoms with Crippen molar-refractivity contribution in [3.63, 3.8) is 0 Å². The van der Waals surface area contributed by atoms with Crippen LogP contribution in [0.2, 0.25) is 0 Å². The standard InChI is InChI=1S/C60H44N4O.Pt/c1-60(2,48-23-13-6-14-24-48)41-43-33-34-61-58(37-43)64-56-32-29-47(44-17-7-3-8-18-44)38-55(56)54-31-30-51(40-57(54)64)65-50-26-15-25-49(39-50)62-35-36-63(42-62)59-52(45-19-9-4-10-20-45)27-16-28-53(59)46-21-11-5-12-22-46;/h3-38H,41H2,1-2H3;/q-2;. The van der Waals surface area contributed by atoms with Crippen molar-refractivity contribution in [2.24, 2.45) is 0 Å². The van der Waals surface area contributed by atoms with E-state index in [9.17, 15) is 0 Å². The fraction of sp³-hybridized carbons (Fsp3) is 0.0667. The van der Waals surface area contributed by atoms with Crippen LogP contribution in [0, 0.1) is 18.5 Å². The van der Waals surface area contributed by atoms with Gasteiger partial charge in [-0.25, -0.2) is 4.98 Å². The van der Waals surface area contributed by atoms with E-state index in [0.717, 1.165) is 73.2 Å². The van der Waals surface area contributed by atoms with E-state index < -0.39 is 0 Å². The first kappa shape index (κ1) is 42.4. The van der Waals surface area contributed by atoms with E-state index in [2.05, 4.69) is 205 Å². The normalized spacial score (nSPS) is 11.4. The van der Waals surface area contributed by atoms with Crippen LogP contribution in [0.5, 0.6) is 11.5 Å². The van der Waals surface area contributed by atoms with Gasteiger partial charge in [0, 0.05) is 56.7 Å². The molecule has 3 aromatic heterocycles. The molecule has 0 aliphatic heterocycles. The Hall–Kier alpha value is -7.59. The van der Waals surface area contributed by atoms with E-state index in [4.69, 9.17) is 9.72 Å². The summed E-state index contributed by atoms with van der Waals surface area (Å²) in [6.07, 6.45) is 10.4. The zero-order valence-corrected chi connectivity index (χ0v) is 38.8. The van der Waals surface area contributed by atoms with Gasteiger partial charge in [-0.15, -0.1) is 29.7 Å². The summed E-state index contributed by atoms with van der Waals surface area (Å²) in [5, 5.41) is 2.19. The van der Waals surface area contributed by atoms with Gasteiger partial charge in [0.1, 0.15) is 5.82 Å². The first-order valence-electron chi connectivity index (χ1n) is 22.0. The largest absolute Gasteiger partial charge is 0.510 e. The molecule has 322 valence electrons. The molecule has 0 N–H and O–H groups in total. The zero-order chi connectivity index (χ0) is 43.7. The van der Waals surface area contributed by atoms with Crippen molar-refractivity contribution >= 4 is 21.8 Å². The molecule has 0 fully saturated rings. The summed E-state index contributed by atoms with van der Waals surface area (Å²) in [6.45, 7) is 4.60. The maximum Gasteiger partial charge on any atom is 0.267 e. The molecule has 66 heavy (non-hydrogen) atoms. The van der Waals surface area contributed by atoms with Crippen LogP contribution in [0.15, 0.2) is 219 Å². The Bertz CT molecular complexity index is 3390. The van der Waals surface area contributed by atoms with Crippen molar-refractivity contribution in [3.8, 4) is 62.1 Å². The van der Waals surface area contributed by atoms with E-state index in [1.165, 1.54) is 16.7 Å². The predicted octanol–water partition coefficient (Wildman–Crippen LogP) is 14.0. The third kappa shape index (κ3) is 8.30. The van der Waals surface area contributed by atoms with Crippen molar-refractivity contribution < 1.29 is 30.4 Å². The van der Waals surface area contributed by atoms with Crippen LogP contribution in [0.4, 0.5) is 0 Å². The fourth-order valence-electron chi connectivity index (χ4n) is 9.06. The first-order chi connectivity index (χ1) is 31.9. The smallest absolute Gasteiger partial charge is 0.267 e. The molecular weight excluding hydrogens is 988 g/mol. The van der Waals surface area contributed by atoms with Gasteiger partial charge in [0.05, 0.1) is 5.69 Å². The molecule has 0 unspecified atom stereocenters. The monoisotopic (exact) mass is 1030 g/mol. The predicted molar refractivity (Wildman–Crippen MR) is 262 cm³/mol. The molecule has 0 bridgehead atoms. The van der Waals surface area contributed by atoms with E-state index in [0.29, 0.717) is 11.5 Å². The van der Waals surface area contributed by atoms with Gasteiger partial charge in [-0.2, -0.15) is 18.2 Å². The second-order valence-electron chi connectivity index (χ2n) is 17.0. The van der Waals surface area contributed by atoms with Crippen LogP contribution >= 0.6 is 0 Å². The Balaban J connectivity index is 0.00000511. The summed E-state index contributed by atoms with van der Waals surface area (Å²) < 4.78 is 12.9. The Morgan fingerprint density at radius 1 is 0.576 bits per heavy atom. The van der Waals surface area contributed by atoms with Gasteiger partial charge in [0.15, 0.2) is 0 Å². The van der Waals surface area contributed by atoms with Gasteiger partial charge < -0.3 is 13.9 Å². The molecule has 8 aromatic carbocycles. The number of hydrogen-bond donors (Lipinski definition) is 0. The van der Waals surface area contributed by atoms with Gasteiger partial charge in [-0.1, -0.05) is 171 Å². The number of pyridine rings is 1. The average Bonchev–Trinajstić information content (AvgIpc) is 3.98. The Kier molecular flexibility index (Phi) is 11.6. The minimum Gasteiger partial charge on any atom is -0.510 e. The summed E-state index contributed by atoms with van der Waals surface area (Å²) in [7, 11) is 0. The Morgan fingerprint density at radius 2 is 1.21 bits per heavy atom. The number of ether oxygens (including phenoxy) is 1. The number of imidazole rings is 1. The van der Waals surface area contributed by atoms with Crippen LogP contribution in [-0.4, -0.2) is 14.1 Å². The fourth-order valence-corrected chi connectivity index (χ4v) is 9.06. The topological polar surface area (TPSA) is 35.9 Å². The van der Waals surface area contributed by atoms with Crippen molar-refractivity contribution in [1.29, 1.82) is 0 Å². The van der Waals surface area contributed by atoms with Crippen molar-refractivity contribution in [2.45, 2.75) is 25.7 Å². The number of para-hydroxylation sites is 1. The molecule has 11 aromatic rings. The summed E-state index contributed by atoms with van der Waals surface area (Å²) in [4.78, 5) is 4.98. The van der Waals surface area contributed by atoms with E-state index >= 15 is 0 Å². The molecule has 0 saturated heterocycles.